The molecule has 1 rings (SSSR count). The second-order valence-electron chi connectivity index (χ2n) is 5.85. The first-order valence-corrected chi connectivity index (χ1v) is 6.75. The van der Waals surface area contributed by atoms with Gasteiger partial charge in [0, 0.05) is 0 Å². The second kappa shape index (κ2) is 6.95. The largest absolute Gasteiger partial charge is 0.444 e. The van der Waals surface area contributed by atoms with Gasteiger partial charge in [-0.05, 0) is 46.1 Å². The van der Waals surface area contributed by atoms with Crippen molar-refractivity contribution in [2.75, 3.05) is 0 Å². The molecule has 0 saturated carbocycles. The lowest BCUT2D eigenvalue weighted by Crippen LogP contribution is -2.38. The number of carbonyl (C=O) groups is 1. The number of rotatable bonds is 4. The molecule has 0 aliphatic carbocycles. The maximum absolute atomic E-state index is 11.6. The van der Waals surface area contributed by atoms with Crippen molar-refractivity contribution in [1.82, 2.24) is 5.32 Å². The number of carbonyl (C=O) groups excluding carboxylic acids is 1. The predicted octanol–water partition coefficient (Wildman–Crippen LogP) is 3.34. The van der Waals surface area contributed by atoms with Crippen LogP contribution in [0.2, 0.25) is 0 Å². The van der Waals surface area contributed by atoms with Gasteiger partial charge in [0.25, 0.3) is 0 Å². The lowest BCUT2D eigenvalue weighted by molar-refractivity contribution is 0.0514. The third-order valence-corrected chi connectivity index (χ3v) is 2.69. The predicted molar refractivity (Wildman–Crippen MR) is 78.3 cm³/mol. The van der Waals surface area contributed by atoms with Gasteiger partial charge in [0.2, 0.25) is 0 Å². The Morgan fingerprint density at radius 2 is 1.95 bits per heavy atom. The van der Waals surface area contributed by atoms with Crippen LogP contribution in [0.5, 0.6) is 0 Å². The zero-order chi connectivity index (χ0) is 15.2. The Hall–Kier alpha value is -2.02. The Bertz CT molecular complexity index is 481. The van der Waals surface area contributed by atoms with E-state index in [2.05, 4.69) is 11.4 Å². The highest BCUT2D eigenvalue weighted by atomic mass is 16.6. The molecule has 0 heterocycles. The summed E-state index contributed by atoms with van der Waals surface area (Å²) >= 11 is 0. The summed E-state index contributed by atoms with van der Waals surface area (Å²) < 4.78 is 5.14. The van der Waals surface area contributed by atoms with Crippen LogP contribution < -0.4 is 5.32 Å². The van der Waals surface area contributed by atoms with Crippen LogP contribution in [0.1, 0.15) is 38.3 Å². The average molecular weight is 274 g/mol. The van der Waals surface area contributed by atoms with Crippen LogP contribution >= 0.6 is 0 Å². The molecule has 1 aromatic carbocycles. The lowest BCUT2D eigenvalue weighted by Gasteiger charge is -2.21. The van der Waals surface area contributed by atoms with E-state index < -0.39 is 17.7 Å². The number of alkyl carbamates (subject to hydrolysis) is 1. The average Bonchev–Trinajstić information content (AvgIpc) is 2.34. The van der Waals surface area contributed by atoms with E-state index in [4.69, 9.17) is 10.00 Å². The van der Waals surface area contributed by atoms with Crippen molar-refractivity contribution in [3.8, 4) is 6.07 Å². The quantitative estimate of drug-likeness (QED) is 0.915. The van der Waals surface area contributed by atoms with E-state index in [1.807, 2.05) is 31.2 Å². The number of hydrogen-bond acceptors (Lipinski definition) is 3. The molecular weight excluding hydrogens is 252 g/mol. The van der Waals surface area contributed by atoms with Crippen LogP contribution in [0.3, 0.4) is 0 Å². The van der Waals surface area contributed by atoms with Gasteiger partial charge in [-0.15, -0.1) is 0 Å². The molecule has 4 nitrogen and oxygen atoms in total. The highest BCUT2D eigenvalue weighted by Gasteiger charge is 2.19. The lowest BCUT2D eigenvalue weighted by atomic mass is 10.0. The molecule has 0 radical (unpaired) electrons. The van der Waals surface area contributed by atoms with E-state index in [0.717, 1.165) is 12.0 Å². The smallest absolute Gasteiger partial charge is 0.408 e. The van der Waals surface area contributed by atoms with E-state index in [9.17, 15) is 4.79 Å². The Kier molecular flexibility index (Phi) is 5.57. The van der Waals surface area contributed by atoms with Gasteiger partial charge < -0.3 is 10.1 Å². The third-order valence-electron chi connectivity index (χ3n) is 2.69. The minimum absolute atomic E-state index is 0.536. The summed E-state index contributed by atoms with van der Waals surface area (Å²) in [6.07, 6.45) is 0.764. The number of nitrogens with one attached hydrogen (secondary N) is 1. The molecule has 0 fully saturated rings. The molecule has 1 unspecified atom stereocenters. The summed E-state index contributed by atoms with van der Waals surface area (Å²) in [7, 11) is 0. The number of amides is 1. The summed E-state index contributed by atoms with van der Waals surface area (Å²) in [5, 5.41) is 11.7. The second-order valence-corrected chi connectivity index (χ2v) is 5.85. The van der Waals surface area contributed by atoms with E-state index >= 15 is 0 Å². The summed E-state index contributed by atoms with van der Waals surface area (Å²) in [4.78, 5) is 11.6. The van der Waals surface area contributed by atoms with E-state index in [0.29, 0.717) is 6.42 Å². The molecule has 1 amide bonds. The summed E-state index contributed by atoms with van der Waals surface area (Å²) in [5.41, 5.74) is 1.81. The number of nitrogens with zero attached hydrogens (tertiary/aromatic N) is 1. The molecular formula is C16H22N2O2. The number of nitriles is 1. The van der Waals surface area contributed by atoms with E-state index in [-0.39, 0.29) is 0 Å². The molecule has 1 aromatic rings. The topological polar surface area (TPSA) is 62.1 Å². The van der Waals surface area contributed by atoms with Gasteiger partial charge in [-0.1, -0.05) is 29.8 Å². The van der Waals surface area contributed by atoms with Gasteiger partial charge in [-0.2, -0.15) is 5.26 Å². The Balaban J connectivity index is 2.46. The van der Waals surface area contributed by atoms with E-state index in [1.54, 1.807) is 20.8 Å². The zero-order valence-electron chi connectivity index (χ0n) is 12.6. The number of aryl methyl sites for hydroxylation is 2. The van der Waals surface area contributed by atoms with Crippen LogP contribution in [0.4, 0.5) is 4.79 Å². The molecule has 4 heteroatoms. The summed E-state index contributed by atoms with van der Waals surface area (Å²) in [6.45, 7) is 7.41. The normalized spacial score (nSPS) is 12.3. The van der Waals surface area contributed by atoms with Gasteiger partial charge in [0.15, 0.2) is 0 Å². The van der Waals surface area contributed by atoms with Gasteiger partial charge in [-0.25, -0.2) is 4.79 Å². The summed E-state index contributed by atoms with van der Waals surface area (Å²) in [5.74, 6) is 0. The zero-order valence-corrected chi connectivity index (χ0v) is 12.6. The molecule has 0 aliphatic rings. The number of ether oxygens (including phenoxy) is 1. The third kappa shape index (κ3) is 6.24. The maximum atomic E-state index is 11.6. The summed E-state index contributed by atoms with van der Waals surface area (Å²) in [6, 6.07) is 9.71. The monoisotopic (exact) mass is 274 g/mol. The fourth-order valence-electron chi connectivity index (χ4n) is 1.68. The molecule has 0 spiro atoms. The molecule has 20 heavy (non-hydrogen) atoms. The molecule has 1 N–H and O–H groups in total. The first-order valence-electron chi connectivity index (χ1n) is 6.75. The fourth-order valence-corrected chi connectivity index (χ4v) is 1.68. The van der Waals surface area contributed by atoms with Crippen molar-refractivity contribution in [3.63, 3.8) is 0 Å². The van der Waals surface area contributed by atoms with Crippen LogP contribution in [-0.2, 0) is 11.2 Å². The van der Waals surface area contributed by atoms with Crippen LogP contribution in [0.15, 0.2) is 24.3 Å². The van der Waals surface area contributed by atoms with Gasteiger partial charge >= 0.3 is 6.09 Å². The Labute approximate surface area is 120 Å². The van der Waals surface area contributed by atoms with Crippen molar-refractivity contribution in [3.05, 3.63) is 35.4 Å². The van der Waals surface area contributed by atoms with Gasteiger partial charge in [0.1, 0.15) is 11.6 Å². The molecule has 0 saturated heterocycles. The highest BCUT2D eigenvalue weighted by Crippen LogP contribution is 2.09. The Morgan fingerprint density at radius 1 is 1.35 bits per heavy atom. The van der Waals surface area contributed by atoms with Crippen molar-refractivity contribution in [2.45, 2.75) is 52.2 Å². The SMILES string of the molecule is Cc1ccc(CCC(C#N)NC(=O)OC(C)(C)C)cc1. The van der Waals surface area contributed by atoms with Crippen LogP contribution in [0.25, 0.3) is 0 Å². The maximum Gasteiger partial charge on any atom is 0.408 e. The Morgan fingerprint density at radius 3 is 2.45 bits per heavy atom. The van der Waals surface area contributed by atoms with Crippen molar-refractivity contribution in [2.24, 2.45) is 0 Å². The molecule has 0 aliphatic heterocycles. The minimum Gasteiger partial charge on any atom is -0.444 e. The number of hydrogen-bond donors (Lipinski definition) is 1. The highest BCUT2D eigenvalue weighted by molar-refractivity contribution is 5.68. The first kappa shape index (κ1) is 16.0. The fraction of sp³-hybridized carbons (Fsp3) is 0.500. The first-order chi connectivity index (χ1) is 9.30. The van der Waals surface area contributed by atoms with Crippen LogP contribution in [0, 0.1) is 18.3 Å². The van der Waals surface area contributed by atoms with Crippen molar-refractivity contribution >= 4 is 6.09 Å². The van der Waals surface area contributed by atoms with Crippen molar-refractivity contribution in [1.29, 1.82) is 5.26 Å². The molecule has 108 valence electrons. The van der Waals surface area contributed by atoms with Crippen molar-refractivity contribution < 1.29 is 9.53 Å². The van der Waals surface area contributed by atoms with Gasteiger partial charge in [-0.3, -0.25) is 0 Å². The number of benzene rings is 1. The standard InChI is InChI=1S/C16H22N2O2/c1-12-5-7-13(8-6-12)9-10-14(11-17)18-15(19)20-16(2,3)4/h5-8,14H,9-10H2,1-4H3,(H,18,19). The molecule has 0 aromatic heterocycles. The molecule has 1 atom stereocenters. The van der Waals surface area contributed by atoms with Gasteiger partial charge in [0.05, 0.1) is 6.07 Å². The van der Waals surface area contributed by atoms with E-state index in [1.165, 1.54) is 5.56 Å². The van der Waals surface area contributed by atoms with Crippen LogP contribution in [-0.4, -0.2) is 17.7 Å². The molecule has 0 bridgehead atoms. The minimum atomic E-state index is -0.555.